The Morgan fingerprint density at radius 3 is 2.71 bits per heavy atom. The molecule has 1 saturated heterocycles. The summed E-state index contributed by atoms with van der Waals surface area (Å²) in [6.07, 6.45) is 10.4. The van der Waals surface area contributed by atoms with E-state index < -0.39 is 11.1 Å². The first-order valence-corrected chi connectivity index (χ1v) is 14.8. The Labute approximate surface area is 261 Å². The van der Waals surface area contributed by atoms with E-state index in [1.807, 2.05) is 49.8 Å². The largest absolute Gasteiger partial charge is 0.444 e. The molecule has 0 aliphatic carbocycles. The summed E-state index contributed by atoms with van der Waals surface area (Å²) in [6.45, 7) is 7.34. The summed E-state index contributed by atoms with van der Waals surface area (Å²) in [5.74, 6) is 0.373. The summed E-state index contributed by atoms with van der Waals surface area (Å²) in [7, 11) is 0. The van der Waals surface area contributed by atoms with Crippen LogP contribution in [0.2, 0.25) is 0 Å². The number of hydrogen-bond acceptors (Lipinski definition) is 9. The molecule has 13 heteroatoms. The topological polar surface area (TPSA) is 170 Å². The first-order chi connectivity index (χ1) is 21.6. The molecule has 4 aromatic rings. The van der Waals surface area contributed by atoms with Crippen molar-refractivity contribution in [3.63, 3.8) is 0 Å². The standard InChI is InChI=1S/C32H38N10O3/c1-31(2,3)45-30(44)40-16-8-32(7-11-34,9-17-40)42-26-6-14-36-29(43)27(26)28(39-42)38-25-19-23(21-35-12-4-10-33)18-24(20-25)22-41-15-5-13-37-41/h4-6,10,12-15,18-20,33,35H,7-9,16-17,21-22H2,1-3H3,(H,36,43)(H,38,39)/b12-4-,33-10?. The van der Waals surface area contributed by atoms with Gasteiger partial charge in [0.15, 0.2) is 5.82 Å². The van der Waals surface area contributed by atoms with Crippen molar-refractivity contribution >= 4 is 34.7 Å². The lowest BCUT2D eigenvalue weighted by Crippen LogP contribution is -2.49. The Balaban J connectivity index is 1.50. The van der Waals surface area contributed by atoms with Gasteiger partial charge in [-0.3, -0.25) is 14.2 Å². The second-order valence-corrected chi connectivity index (χ2v) is 12.1. The minimum Gasteiger partial charge on any atom is -0.444 e. The third-order valence-corrected chi connectivity index (χ3v) is 7.64. The van der Waals surface area contributed by atoms with E-state index >= 15 is 0 Å². The third-order valence-electron chi connectivity index (χ3n) is 7.64. The molecule has 0 saturated carbocycles. The van der Waals surface area contributed by atoms with E-state index in [2.05, 4.69) is 32.9 Å². The molecule has 1 aliphatic rings. The number of nitrogens with one attached hydrogen (secondary N) is 4. The summed E-state index contributed by atoms with van der Waals surface area (Å²) in [5.41, 5.74) is 1.67. The number of aromatic nitrogens is 5. The Morgan fingerprint density at radius 1 is 1.24 bits per heavy atom. The lowest BCUT2D eigenvalue weighted by atomic mass is 9.85. The van der Waals surface area contributed by atoms with Gasteiger partial charge >= 0.3 is 6.09 Å². The number of hydrogen-bond donors (Lipinski definition) is 4. The number of anilines is 2. The van der Waals surface area contributed by atoms with Crippen LogP contribution in [-0.2, 0) is 23.4 Å². The number of amides is 1. The highest BCUT2D eigenvalue weighted by molar-refractivity contribution is 5.91. The maximum Gasteiger partial charge on any atom is 0.410 e. The lowest BCUT2D eigenvalue weighted by molar-refractivity contribution is 0.0110. The van der Waals surface area contributed by atoms with E-state index in [4.69, 9.17) is 15.2 Å². The van der Waals surface area contributed by atoms with Crippen molar-refractivity contribution in [2.45, 2.75) is 64.3 Å². The number of carbonyl (C=O) groups excluding carboxylic acids is 1. The SMILES string of the molecule is CC(C)(C)OC(=O)N1CCC(CC#N)(n2nc(Nc3cc(CN/C=C\C=N)cc(Cn4cccn4)c3)c3c(=O)[nH]ccc32)CC1. The van der Waals surface area contributed by atoms with Gasteiger partial charge in [-0.15, -0.1) is 0 Å². The van der Waals surface area contributed by atoms with Crippen molar-refractivity contribution in [1.82, 2.24) is 34.8 Å². The van der Waals surface area contributed by atoms with Crippen molar-refractivity contribution in [3.05, 3.63) is 82.7 Å². The van der Waals surface area contributed by atoms with Crippen LogP contribution < -0.4 is 16.2 Å². The number of rotatable bonds is 10. The summed E-state index contributed by atoms with van der Waals surface area (Å²) in [6, 6.07) is 12.0. The predicted octanol–water partition coefficient (Wildman–Crippen LogP) is 4.61. The predicted molar refractivity (Wildman–Crippen MR) is 171 cm³/mol. The van der Waals surface area contributed by atoms with E-state index in [0.717, 1.165) is 16.8 Å². The molecule has 0 radical (unpaired) electrons. The number of aromatic amines is 1. The van der Waals surface area contributed by atoms with Crippen LogP contribution in [0.3, 0.4) is 0 Å². The van der Waals surface area contributed by atoms with Gasteiger partial charge in [0.1, 0.15) is 11.0 Å². The minimum atomic E-state index is -0.725. The summed E-state index contributed by atoms with van der Waals surface area (Å²) >= 11 is 0. The zero-order chi connectivity index (χ0) is 32.0. The highest BCUT2D eigenvalue weighted by Crippen LogP contribution is 2.38. The summed E-state index contributed by atoms with van der Waals surface area (Å²) in [5, 5.41) is 33.3. The molecule has 234 valence electrons. The van der Waals surface area contributed by atoms with Crippen LogP contribution in [0.4, 0.5) is 16.3 Å². The fraction of sp³-hybridized carbons (Fsp3) is 0.375. The van der Waals surface area contributed by atoms with Gasteiger partial charge in [0.05, 0.1) is 30.1 Å². The zero-order valence-electron chi connectivity index (χ0n) is 25.7. The van der Waals surface area contributed by atoms with Crippen molar-refractivity contribution in [2.24, 2.45) is 0 Å². The number of likely N-dealkylation sites (tertiary alicyclic amines) is 1. The molecule has 1 fully saturated rings. The van der Waals surface area contributed by atoms with E-state index in [1.54, 1.807) is 40.3 Å². The normalized spacial score (nSPS) is 14.8. The summed E-state index contributed by atoms with van der Waals surface area (Å²) < 4.78 is 9.20. The fourth-order valence-electron chi connectivity index (χ4n) is 5.61. The highest BCUT2D eigenvalue weighted by atomic mass is 16.6. The van der Waals surface area contributed by atoms with Gasteiger partial charge in [0, 0.05) is 50.1 Å². The maximum absolute atomic E-state index is 13.2. The zero-order valence-corrected chi connectivity index (χ0v) is 25.7. The molecule has 13 nitrogen and oxygen atoms in total. The number of allylic oxidation sites excluding steroid dienone is 1. The van der Waals surface area contributed by atoms with Crippen LogP contribution in [0.1, 0.15) is 51.2 Å². The molecule has 3 aromatic heterocycles. The molecule has 0 atom stereocenters. The molecule has 4 N–H and O–H groups in total. The van der Waals surface area contributed by atoms with E-state index in [0.29, 0.717) is 55.7 Å². The number of piperidine rings is 1. The lowest BCUT2D eigenvalue weighted by Gasteiger charge is -2.41. The van der Waals surface area contributed by atoms with Crippen LogP contribution >= 0.6 is 0 Å². The van der Waals surface area contributed by atoms with Gasteiger partial charge in [-0.2, -0.15) is 15.5 Å². The van der Waals surface area contributed by atoms with Gasteiger partial charge in [-0.25, -0.2) is 4.79 Å². The monoisotopic (exact) mass is 610 g/mol. The third kappa shape index (κ3) is 7.23. The molecule has 0 bridgehead atoms. The Kier molecular flexibility index (Phi) is 9.03. The molecule has 45 heavy (non-hydrogen) atoms. The van der Waals surface area contributed by atoms with Crippen molar-refractivity contribution < 1.29 is 9.53 Å². The van der Waals surface area contributed by atoms with Gasteiger partial charge in [0.25, 0.3) is 5.56 Å². The van der Waals surface area contributed by atoms with E-state index in [9.17, 15) is 14.9 Å². The van der Waals surface area contributed by atoms with Crippen molar-refractivity contribution in [2.75, 3.05) is 18.4 Å². The van der Waals surface area contributed by atoms with Crippen molar-refractivity contribution in [3.8, 4) is 6.07 Å². The number of pyridine rings is 1. The number of fused-ring (bicyclic) bond motifs is 1. The number of H-pyrrole nitrogens is 1. The molecule has 0 spiro atoms. The van der Waals surface area contributed by atoms with Gasteiger partial charge in [-0.1, -0.05) is 6.07 Å². The number of ether oxygens (including phenoxy) is 1. The number of carbonyl (C=O) groups is 1. The van der Waals surface area contributed by atoms with Gasteiger partial charge in [-0.05, 0) is 81.3 Å². The minimum absolute atomic E-state index is 0.163. The number of nitriles is 1. The molecule has 1 amide bonds. The molecule has 0 unspecified atom stereocenters. The Hall–Kier alpha value is -5.38. The Bertz CT molecular complexity index is 1780. The quantitative estimate of drug-likeness (QED) is 0.189. The van der Waals surface area contributed by atoms with Gasteiger partial charge in [0.2, 0.25) is 0 Å². The average Bonchev–Trinajstić information content (AvgIpc) is 3.64. The molecule has 5 rings (SSSR count). The highest BCUT2D eigenvalue weighted by Gasteiger charge is 2.41. The smallest absolute Gasteiger partial charge is 0.410 e. The molecule has 1 aliphatic heterocycles. The van der Waals surface area contributed by atoms with Crippen LogP contribution in [-0.4, -0.2) is 60.4 Å². The van der Waals surface area contributed by atoms with Crippen molar-refractivity contribution in [1.29, 1.82) is 10.7 Å². The van der Waals surface area contributed by atoms with Gasteiger partial charge < -0.3 is 30.7 Å². The average molecular weight is 611 g/mol. The van der Waals surface area contributed by atoms with Crippen LogP contribution in [0.25, 0.3) is 10.9 Å². The van der Waals surface area contributed by atoms with Crippen LogP contribution in [0, 0.1) is 16.7 Å². The molecular weight excluding hydrogens is 572 g/mol. The van der Waals surface area contributed by atoms with Crippen LogP contribution in [0.5, 0.6) is 0 Å². The van der Waals surface area contributed by atoms with E-state index in [1.165, 1.54) is 6.21 Å². The second-order valence-electron chi connectivity index (χ2n) is 12.1. The first-order valence-electron chi connectivity index (χ1n) is 14.8. The fourth-order valence-corrected chi connectivity index (χ4v) is 5.61. The maximum atomic E-state index is 13.2. The molecule has 4 heterocycles. The first kappa shape index (κ1) is 31.1. The Morgan fingerprint density at radius 2 is 2.02 bits per heavy atom. The molecule has 1 aromatic carbocycles. The number of nitrogens with zero attached hydrogens (tertiary/aromatic N) is 6. The van der Waals surface area contributed by atoms with Crippen LogP contribution in [0.15, 0.2) is 66.0 Å². The number of benzene rings is 1. The van der Waals surface area contributed by atoms with E-state index in [-0.39, 0.29) is 18.1 Å². The summed E-state index contributed by atoms with van der Waals surface area (Å²) in [4.78, 5) is 30.4. The molecular formula is C32H38N10O3. The second kappa shape index (κ2) is 13.1.